The molecule has 2 aromatic rings. The lowest BCUT2D eigenvalue weighted by atomic mass is 9.97. The lowest BCUT2D eigenvalue weighted by Crippen LogP contribution is -2.74. The van der Waals surface area contributed by atoms with Crippen molar-refractivity contribution in [2.45, 2.75) is 97.0 Å². The fourth-order valence-corrected chi connectivity index (χ4v) is 6.45. The first-order chi connectivity index (χ1) is 24.9. The Morgan fingerprint density at radius 2 is 1.69 bits per heavy atom. The number of thiazole rings is 1. The van der Waals surface area contributed by atoms with Crippen LogP contribution >= 0.6 is 11.3 Å². The molecule has 1 aromatic heterocycles. The zero-order valence-electron chi connectivity index (χ0n) is 31.0. The number of nitrogens with zero attached hydrogens (tertiary/aromatic N) is 4. The van der Waals surface area contributed by atoms with Gasteiger partial charge in [0.2, 0.25) is 5.60 Å². The monoisotopic (exact) mass is 796 g/mol. The van der Waals surface area contributed by atoms with E-state index < -0.39 is 87.5 Å². The van der Waals surface area contributed by atoms with Crippen molar-refractivity contribution in [2.75, 3.05) is 25.0 Å². The van der Waals surface area contributed by atoms with E-state index in [9.17, 15) is 36.9 Å². The zero-order chi connectivity index (χ0) is 40.2. The maximum atomic E-state index is 13.8. The molecule has 54 heavy (non-hydrogen) atoms. The maximum absolute atomic E-state index is 13.8. The summed E-state index contributed by atoms with van der Waals surface area (Å²) < 4.78 is 56.1. The van der Waals surface area contributed by atoms with E-state index in [1.807, 2.05) is 30.3 Å². The molecule has 4 amide bonds. The van der Waals surface area contributed by atoms with Crippen LogP contribution in [0.3, 0.4) is 0 Å². The van der Waals surface area contributed by atoms with E-state index in [4.69, 9.17) is 23.8 Å². The number of hydrogen-bond acceptors (Lipinski definition) is 15. The lowest BCUT2D eigenvalue weighted by Gasteiger charge is -2.45. The highest BCUT2D eigenvalue weighted by Gasteiger charge is 2.56. The number of hydrogen-bond donors (Lipinski definition) is 3. The predicted octanol–water partition coefficient (Wildman–Crippen LogP) is 2.87. The molecule has 0 unspecified atom stereocenters. The van der Waals surface area contributed by atoms with Gasteiger partial charge < -0.3 is 34.0 Å². The van der Waals surface area contributed by atoms with Crippen LogP contribution in [0.2, 0.25) is 0 Å². The second-order valence-electron chi connectivity index (χ2n) is 14.7. The van der Waals surface area contributed by atoms with Crippen LogP contribution in [0.15, 0.2) is 40.9 Å². The molecule has 0 aliphatic carbocycles. The quantitative estimate of drug-likeness (QED) is 0.0622. The van der Waals surface area contributed by atoms with E-state index in [0.717, 1.165) is 21.8 Å². The summed E-state index contributed by atoms with van der Waals surface area (Å²) in [6, 6.07) is 6.17. The molecule has 2 aliphatic rings. The van der Waals surface area contributed by atoms with Crippen molar-refractivity contribution in [3.8, 4) is 0 Å². The summed E-state index contributed by atoms with van der Waals surface area (Å²) in [5.41, 5.74) is -3.35. The van der Waals surface area contributed by atoms with Gasteiger partial charge in [-0.1, -0.05) is 35.5 Å². The SMILES string of the molecule is CC(C)(C)OC(=O)Nc1nc(/C(=N\OC(C)(C)C(=O)OC(C)(C)C)C(=O)N[C@@H]2C(=O)N(S(=O)(=O)O)[C@@H]2CN2C[C@H](COCc3ccccc3)OC2=O)cs1. The van der Waals surface area contributed by atoms with Crippen molar-refractivity contribution in [2.24, 2.45) is 5.16 Å². The number of ether oxygens (including phenoxy) is 4. The Balaban J connectivity index is 1.54. The lowest BCUT2D eigenvalue weighted by molar-refractivity contribution is -0.179. The number of nitrogens with one attached hydrogen (secondary N) is 2. The van der Waals surface area contributed by atoms with Crippen LogP contribution in [-0.2, 0) is 55.1 Å². The van der Waals surface area contributed by atoms with Gasteiger partial charge in [0, 0.05) is 11.9 Å². The Labute approximate surface area is 316 Å². The van der Waals surface area contributed by atoms with Crippen LogP contribution in [0, 0.1) is 0 Å². The van der Waals surface area contributed by atoms with E-state index >= 15 is 0 Å². The molecule has 3 heterocycles. The standard InChI is InChI=1S/C33H44N6O13S2/c1-31(2,3)50-27(42)33(7,8)52-37-23(21-18-53-28(34-21)36-29(43)51-32(4,5)6)25(40)35-24-22(39(26(24)41)54(45,46)47)15-38-14-20(49-30(38)44)17-48-16-19-12-10-9-11-13-19/h9-13,18,20,22,24H,14-17H2,1-8H3,(H,35,40)(H,34,36,43)(H,45,46,47)/b37-23+/t20-,22-,24+/m1/s1. The molecule has 0 saturated carbocycles. The van der Waals surface area contributed by atoms with Crippen LogP contribution < -0.4 is 10.6 Å². The largest absolute Gasteiger partial charge is 0.457 e. The molecule has 3 N–H and O–H groups in total. The summed E-state index contributed by atoms with van der Waals surface area (Å²) in [7, 11) is -5.14. The Bertz CT molecular complexity index is 1870. The average Bonchev–Trinajstić information content (AvgIpc) is 3.63. The number of carbonyl (C=O) groups excluding carboxylic acids is 5. The van der Waals surface area contributed by atoms with Crippen molar-refractivity contribution >= 4 is 62.5 Å². The van der Waals surface area contributed by atoms with Crippen molar-refractivity contribution in [3.05, 3.63) is 47.0 Å². The van der Waals surface area contributed by atoms with Crippen molar-refractivity contribution in [1.82, 2.24) is 19.5 Å². The van der Waals surface area contributed by atoms with Gasteiger partial charge in [0.05, 0.1) is 25.8 Å². The van der Waals surface area contributed by atoms with Gasteiger partial charge in [-0.05, 0) is 61.0 Å². The fraction of sp³-hybridized carbons (Fsp3) is 0.545. The fourth-order valence-electron chi connectivity index (χ4n) is 4.90. The van der Waals surface area contributed by atoms with E-state index in [2.05, 4.69) is 20.8 Å². The molecule has 0 bridgehead atoms. The van der Waals surface area contributed by atoms with Gasteiger partial charge in [0.1, 0.15) is 29.0 Å². The number of rotatable bonds is 14. The number of β-lactam (4-membered cyclic amide) rings is 1. The third kappa shape index (κ3) is 11.3. The highest BCUT2D eigenvalue weighted by atomic mass is 32.2. The number of oxime groups is 1. The van der Waals surface area contributed by atoms with Crippen LogP contribution in [0.25, 0.3) is 0 Å². The Kier molecular flexibility index (Phi) is 12.6. The number of esters is 1. The van der Waals surface area contributed by atoms with E-state index in [1.165, 1.54) is 19.2 Å². The van der Waals surface area contributed by atoms with Crippen LogP contribution in [0.1, 0.15) is 66.6 Å². The third-order valence-corrected chi connectivity index (χ3v) is 9.01. The normalized spacial score (nSPS) is 19.5. The van der Waals surface area contributed by atoms with Crippen molar-refractivity contribution < 1.29 is 60.7 Å². The Morgan fingerprint density at radius 3 is 2.30 bits per heavy atom. The zero-order valence-corrected chi connectivity index (χ0v) is 32.6. The number of amides is 4. The van der Waals surface area contributed by atoms with Gasteiger partial charge in [-0.25, -0.2) is 23.7 Å². The number of cyclic esters (lactones) is 1. The molecule has 1 aromatic carbocycles. The molecule has 2 saturated heterocycles. The molecule has 2 fully saturated rings. The van der Waals surface area contributed by atoms with E-state index in [0.29, 0.717) is 0 Å². The molecule has 19 nitrogen and oxygen atoms in total. The summed E-state index contributed by atoms with van der Waals surface area (Å²) in [5.74, 6) is -3.17. The molecular formula is C33H44N6O13S2. The smallest absolute Gasteiger partial charge is 0.413 e. The second kappa shape index (κ2) is 16.2. The number of anilines is 1. The minimum absolute atomic E-state index is 0.0147. The molecule has 3 atom stereocenters. The number of benzene rings is 1. The van der Waals surface area contributed by atoms with Gasteiger partial charge in [-0.3, -0.25) is 19.5 Å². The second-order valence-corrected chi connectivity index (χ2v) is 16.9. The number of aromatic nitrogens is 1. The van der Waals surface area contributed by atoms with E-state index in [1.54, 1.807) is 41.5 Å². The Hall–Kier alpha value is -4.86. The minimum atomic E-state index is -5.14. The number of carbonyl (C=O) groups is 5. The summed E-state index contributed by atoms with van der Waals surface area (Å²) in [6.07, 6.45) is -2.41. The van der Waals surface area contributed by atoms with Gasteiger partial charge in [-0.15, -0.1) is 11.3 Å². The molecule has 4 rings (SSSR count). The first kappa shape index (κ1) is 41.9. The molecule has 2 aliphatic heterocycles. The van der Waals surface area contributed by atoms with E-state index in [-0.39, 0.29) is 34.9 Å². The Morgan fingerprint density at radius 1 is 1.04 bits per heavy atom. The van der Waals surface area contributed by atoms with Gasteiger partial charge in [0.15, 0.2) is 10.8 Å². The molecule has 0 radical (unpaired) electrons. The highest BCUT2D eigenvalue weighted by molar-refractivity contribution is 7.84. The van der Waals surface area contributed by atoms with Crippen LogP contribution in [0.4, 0.5) is 14.7 Å². The first-order valence-corrected chi connectivity index (χ1v) is 18.9. The average molecular weight is 797 g/mol. The third-order valence-electron chi connectivity index (χ3n) is 7.30. The summed E-state index contributed by atoms with van der Waals surface area (Å²) >= 11 is 0.880. The van der Waals surface area contributed by atoms with Crippen LogP contribution in [-0.4, -0.2) is 118 Å². The maximum Gasteiger partial charge on any atom is 0.413 e. The van der Waals surface area contributed by atoms with Crippen LogP contribution in [0.5, 0.6) is 0 Å². The summed E-state index contributed by atoms with van der Waals surface area (Å²) in [4.78, 5) is 75.7. The van der Waals surface area contributed by atoms with Gasteiger partial charge in [-0.2, -0.15) is 8.42 Å². The van der Waals surface area contributed by atoms with Crippen molar-refractivity contribution in [1.29, 1.82) is 0 Å². The van der Waals surface area contributed by atoms with Gasteiger partial charge >= 0.3 is 28.5 Å². The molecular weight excluding hydrogens is 753 g/mol. The summed E-state index contributed by atoms with van der Waals surface area (Å²) in [5, 5.41) is 9.99. The minimum Gasteiger partial charge on any atom is -0.457 e. The van der Waals surface area contributed by atoms with Crippen molar-refractivity contribution in [3.63, 3.8) is 0 Å². The topological polar surface area (TPSA) is 242 Å². The molecule has 0 spiro atoms. The van der Waals surface area contributed by atoms with Gasteiger partial charge in [0.25, 0.3) is 11.8 Å². The highest BCUT2D eigenvalue weighted by Crippen LogP contribution is 2.27. The molecule has 21 heteroatoms. The molecule has 296 valence electrons. The predicted molar refractivity (Wildman–Crippen MR) is 192 cm³/mol. The first-order valence-electron chi connectivity index (χ1n) is 16.6. The summed E-state index contributed by atoms with van der Waals surface area (Å²) in [6.45, 7) is 12.3.